The Balaban J connectivity index is 2.22. The van der Waals surface area contributed by atoms with E-state index in [9.17, 15) is 9.59 Å². The first kappa shape index (κ1) is 17.8. The van der Waals surface area contributed by atoms with Crippen LogP contribution < -0.4 is 11.3 Å². The van der Waals surface area contributed by atoms with Crippen LogP contribution in [0.5, 0.6) is 0 Å². The molecule has 2 aromatic heterocycles. The second-order valence-corrected chi connectivity index (χ2v) is 6.24. The van der Waals surface area contributed by atoms with Crippen LogP contribution in [0.2, 0.25) is 0 Å². The SMILES string of the molecule is CCOC(=O)c1nc(-c2c(-c3ccccc3)nn(CC)c(=O)c2N)cs1. The van der Waals surface area contributed by atoms with E-state index < -0.39 is 5.97 Å². The minimum Gasteiger partial charge on any atom is -0.461 e. The quantitative estimate of drug-likeness (QED) is 0.693. The van der Waals surface area contributed by atoms with E-state index in [1.807, 2.05) is 37.3 Å². The molecule has 2 heterocycles. The van der Waals surface area contributed by atoms with E-state index in [4.69, 9.17) is 10.5 Å². The van der Waals surface area contributed by atoms with Gasteiger partial charge in [-0.1, -0.05) is 30.3 Å². The molecule has 0 aliphatic heterocycles. The van der Waals surface area contributed by atoms with Gasteiger partial charge in [0.15, 0.2) is 0 Å². The van der Waals surface area contributed by atoms with Gasteiger partial charge in [0.25, 0.3) is 5.56 Å². The molecule has 0 saturated carbocycles. The number of carbonyl (C=O) groups is 1. The zero-order chi connectivity index (χ0) is 18.7. The largest absolute Gasteiger partial charge is 0.461 e. The predicted molar refractivity (Wildman–Crippen MR) is 101 cm³/mol. The van der Waals surface area contributed by atoms with E-state index >= 15 is 0 Å². The molecule has 2 N–H and O–H groups in total. The van der Waals surface area contributed by atoms with Gasteiger partial charge in [0.2, 0.25) is 5.01 Å². The van der Waals surface area contributed by atoms with Gasteiger partial charge in [0.1, 0.15) is 11.4 Å². The molecule has 0 unspecified atom stereocenters. The Hall–Kier alpha value is -3.00. The summed E-state index contributed by atoms with van der Waals surface area (Å²) in [5, 5.41) is 6.35. The second-order valence-electron chi connectivity index (χ2n) is 5.38. The van der Waals surface area contributed by atoms with Crippen LogP contribution in [0.25, 0.3) is 22.5 Å². The number of esters is 1. The van der Waals surface area contributed by atoms with Crippen molar-refractivity contribution in [3.63, 3.8) is 0 Å². The molecule has 0 fully saturated rings. The van der Waals surface area contributed by atoms with Crippen molar-refractivity contribution in [2.75, 3.05) is 12.3 Å². The summed E-state index contributed by atoms with van der Waals surface area (Å²) in [4.78, 5) is 28.7. The highest BCUT2D eigenvalue weighted by Gasteiger charge is 2.21. The number of anilines is 1. The van der Waals surface area contributed by atoms with Crippen LogP contribution in [0, 0.1) is 0 Å². The molecule has 7 nitrogen and oxygen atoms in total. The third kappa shape index (κ3) is 3.23. The van der Waals surface area contributed by atoms with Gasteiger partial charge in [0, 0.05) is 17.5 Å². The fraction of sp³-hybridized carbons (Fsp3) is 0.222. The van der Waals surface area contributed by atoms with E-state index in [2.05, 4.69) is 10.1 Å². The molecular weight excluding hydrogens is 352 g/mol. The van der Waals surface area contributed by atoms with Crippen molar-refractivity contribution in [2.24, 2.45) is 0 Å². The van der Waals surface area contributed by atoms with Crippen molar-refractivity contribution in [2.45, 2.75) is 20.4 Å². The number of rotatable bonds is 5. The van der Waals surface area contributed by atoms with E-state index in [1.165, 1.54) is 4.68 Å². The number of nitrogens with zero attached hydrogens (tertiary/aromatic N) is 3. The number of carbonyl (C=O) groups excluding carboxylic acids is 1. The highest BCUT2D eigenvalue weighted by Crippen LogP contribution is 2.33. The Bertz CT molecular complexity index is 995. The molecule has 0 amide bonds. The number of hydrogen-bond donors (Lipinski definition) is 1. The third-order valence-corrected chi connectivity index (χ3v) is 4.57. The highest BCUT2D eigenvalue weighted by molar-refractivity contribution is 7.11. The summed E-state index contributed by atoms with van der Waals surface area (Å²) in [5.41, 5.74) is 8.04. The summed E-state index contributed by atoms with van der Waals surface area (Å²) in [5.74, 6) is -0.501. The first-order chi connectivity index (χ1) is 12.6. The van der Waals surface area contributed by atoms with Crippen LogP contribution in [0.3, 0.4) is 0 Å². The van der Waals surface area contributed by atoms with Crippen molar-refractivity contribution in [3.8, 4) is 22.5 Å². The number of nitrogen functional groups attached to an aromatic ring is 1. The minimum atomic E-state index is -0.501. The van der Waals surface area contributed by atoms with Crippen LogP contribution >= 0.6 is 11.3 Å². The van der Waals surface area contributed by atoms with Crippen molar-refractivity contribution in [1.82, 2.24) is 14.8 Å². The minimum absolute atomic E-state index is 0.0569. The molecule has 0 bridgehead atoms. The average Bonchev–Trinajstić information content (AvgIpc) is 3.14. The lowest BCUT2D eigenvalue weighted by atomic mass is 10.0. The van der Waals surface area contributed by atoms with Crippen LogP contribution in [0.15, 0.2) is 40.5 Å². The predicted octanol–water partition coefficient (Wildman–Crippen LogP) is 2.81. The fourth-order valence-electron chi connectivity index (χ4n) is 2.54. The van der Waals surface area contributed by atoms with Crippen LogP contribution in [0.1, 0.15) is 23.6 Å². The maximum atomic E-state index is 12.5. The average molecular weight is 370 g/mol. The molecule has 134 valence electrons. The number of nitrogens with two attached hydrogens (primary N) is 1. The van der Waals surface area contributed by atoms with Gasteiger partial charge in [-0.2, -0.15) is 5.10 Å². The Kier molecular flexibility index (Phi) is 5.13. The summed E-state index contributed by atoms with van der Waals surface area (Å²) in [6.45, 7) is 4.21. The number of thiazole rings is 1. The van der Waals surface area contributed by atoms with Crippen LogP contribution in [-0.2, 0) is 11.3 Å². The van der Waals surface area contributed by atoms with E-state index in [0.717, 1.165) is 16.9 Å². The van der Waals surface area contributed by atoms with Gasteiger partial charge in [0.05, 0.1) is 17.9 Å². The van der Waals surface area contributed by atoms with E-state index in [1.54, 1.807) is 12.3 Å². The number of aryl methyl sites for hydroxylation is 1. The molecule has 0 spiro atoms. The molecule has 8 heteroatoms. The Labute approximate surface area is 154 Å². The molecule has 26 heavy (non-hydrogen) atoms. The first-order valence-corrected chi connectivity index (χ1v) is 9.03. The van der Waals surface area contributed by atoms with Crippen LogP contribution in [0.4, 0.5) is 5.69 Å². The van der Waals surface area contributed by atoms with Gasteiger partial charge >= 0.3 is 5.97 Å². The van der Waals surface area contributed by atoms with E-state index in [-0.39, 0.29) is 22.9 Å². The topological polar surface area (TPSA) is 100 Å². The number of ether oxygens (including phenoxy) is 1. The number of hydrogen-bond acceptors (Lipinski definition) is 7. The zero-order valence-corrected chi connectivity index (χ0v) is 15.2. The van der Waals surface area contributed by atoms with Crippen molar-refractivity contribution in [1.29, 1.82) is 0 Å². The molecule has 0 aliphatic carbocycles. The molecule has 3 aromatic rings. The van der Waals surface area contributed by atoms with Crippen molar-refractivity contribution >= 4 is 23.0 Å². The molecule has 0 radical (unpaired) electrons. The maximum absolute atomic E-state index is 12.5. The summed E-state index contributed by atoms with van der Waals surface area (Å²) < 4.78 is 6.30. The molecule has 0 saturated heterocycles. The Morgan fingerprint density at radius 3 is 2.65 bits per heavy atom. The first-order valence-electron chi connectivity index (χ1n) is 8.15. The van der Waals surface area contributed by atoms with Gasteiger partial charge in [-0.05, 0) is 13.8 Å². The van der Waals surface area contributed by atoms with Crippen LogP contribution in [-0.4, -0.2) is 27.3 Å². The monoisotopic (exact) mass is 370 g/mol. The standard InChI is InChI=1S/C18H18N4O3S/c1-3-22-17(23)14(19)13(15(21-22)11-8-6-5-7-9-11)12-10-26-16(20-12)18(24)25-4-2/h5-10H,3-4,19H2,1-2H3. The summed E-state index contributed by atoms with van der Waals surface area (Å²) in [7, 11) is 0. The van der Waals surface area contributed by atoms with E-state index in [0.29, 0.717) is 23.5 Å². The maximum Gasteiger partial charge on any atom is 0.367 e. The summed E-state index contributed by atoms with van der Waals surface area (Å²) >= 11 is 1.14. The molecular formula is C18H18N4O3S. The molecule has 0 aliphatic rings. The lowest BCUT2D eigenvalue weighted by Crippen LogP contribution is -2.26. The Morgan fingerprint density at radius 2 is 2.00 bits per heavy atom. The number of benzene rings is 1. The normalized spacial score (nSPS) is 10.7. The smallest absolute Gasteiger partial charge is 0.367 e. The van der Waals surface area contributed by atoms with Gasteiger partial charge < -0.3 is 10.5 Å². The zero-order valence-electron chi connectivity index (χ0n) is 14.4. The lowest BCUT2D eigenvalue weighted by molar-refractivity contribution is 0.0526. The molecule has 3 rings (SSSR count). The summed E-state index contributed by atoms with van der Waals surface area (Å²) in [6, 6.07) is 9.42. The third-order valence-electron chi connectivity index (χ3n) is 3.75. The van der Waals surface area contributed by atoms with Gasteiger partial charge in [-0.25, -0.2) is 14.5 Å². The van der Waals surface area contributed by atoms with Gasteiger partial charge in [-0.3, -0.25) is 4.79 Å². The lowest BCUT2D eigenvalue weighted by Gasteiger charge is -2.12. The van der Waals surface area contributed by atoms with Crippen molar-refractivity contribution in [3.05, 3.63) is 51.1 Å². The Morgan fingerprint density at radius 1 is 1.27 bits per heavy atom. The number of aromatic nitrogens is 3. The fourth-order valence-corrected chi connectivity index (χ4v) is 3.24. The molecule has 1 aromatic carbocycles. The summed E-state index contributed by atoms with van der Waals surface area (Å²) in [6.07, 6.45) is 0. The second kappa shape index (κ2) is 7.49. The molecule has 0 atom stereocenters. The highest BCUT2D eigenvalue weighted by atomic mass is 32.1. The van der Waals surface area contributed by atoms with Gasteiger partial charge in [-0.15, -0.1) is 11.3 Å². The van der Waals surface area contributed by atoms with Crippen molar-refractivity contribution < 1.29 is 9.53 Å².